The summed E-state index contributed by atoms with van der Waals surface area (Å²) in [6.07, 6.45) is 1.83. The standard InChI is InChI=1S/C11H13BrClNO2S/c12-8-10-2-1-7-14(10)17(15,16)11-5-3-9(13)4-6-11/h3-6,10H,1-2,7-8H2. The molecular formula is C11H13BrClNO2S. The summed E-state index contributed by atoms with van der Waals surface area (Å²) in [7, 11) is -3.37. The van der Waals surface area contributed by atoms with Crippen LogP contribution in [0.15, 0.2) is 29.2 Å². The highest BCUT2D eigenvalue weighted by Crippen LogP contribution is 2.27. The van der Waals surface area contributed by atoms with Crippen molar-refractivity contribution in [2.45, 2.75) is 23.8 Å². The first-order chi connectivity index (χ1) is 8.05. The van der Waals surface area contributed by atoms with Crippen molar-refractivity contribution in [2.24, 2.45) is 0 Å². The molecule has 6 heteroatoms. The molecule has 1 saturated heterocycles. The fourth-order valence-corrected chi connectivity index (χ4v) is 4.71. The number of alkyl halides is 1. The molecule has 0 spiro atoms. The van der Waals surface area contributed by atoms with E-state index < -0.39 is 10.0 Å². The van der Waals surface area contributed by atoms with Gasteiger partial charge in [0.25, 0.3) is 0 Å². The molecule has 1 heterocycles. The largest absolute Gasteiger partial charge is 0.243 e. The minimum Gasteiger partial charge on any atom is -0.207 e. The number of rotatable bonds is 3. The highest BCUT2D eigenvalue weighted by Gasteiger charge is 2.34. The van der Waals surface area contributed by atoms with Crippen LogP contribution in [0.3, 0.4) is 0 Å². The number of nitrogens with zero attached hydrogens (tertiary/aromatic N) is 1. The lowest BCUT2D eigenvalue weighted by molar-refractivity contribution is 0.413. The third-order valence-electron chi connectivity index (χ3n) is 2.92. The normalized spacial score (nSPS) is 21.9. The van der Waals surface area contributed by atoms with Crippen molar-refractivity contribution in [3.63, 3.8) is 0 Å². The second-order valence-electron chi connectivity index (χ2n) is 4.02. The maximum Gasteiger partial charge on any atom is 0.243 e. The van der Waals surface area contributed by atoms with E-state index in [1.165, 1.54) is 0 Å². The van der Waals surface area contributed by atoms with Gasteiger partial charge in [0.1, 0.15) is 0 Å². The molecule has 1 unspecified atom stereocenters. The maximum absolute atomic E-state index is 12.4. The van der Waals surface area contributed by atoms with E-state index in [0.717, 1.165) is 12.8 Å². The van der Waals surface area contributed by atoms with Crippen LogP contribution in [-0.4, -0.2) is 30.6 Å². The minimum absolute atomic E-state index is 0.0654. The molecule has 0 saturated carbocycles. The molecule has 94 valence electrons. The van der Waals surface area contributed by atoms with E-state index in [1.54, 1.807) is 28.6 Å². The zero-order chi connectivity index (χ0) is 12.5. The van der Waals surface area contributed by atoms with Gasteiger partial charge in [0, 0.05) is 22.9 Å². The first-order valence-electron chi connectivity index (χ1n) is 5.39. The van der Waals surface area contributed by atoms with Crippen molar-refractivity contribution in [1.82, 2.24) is 4.31 Å². The summed E-state index contributed by atoms with van der Waals surface area (Å²) in [4.78, 5) is 0.315. The molecule has 0 radical (unpaired) electrons. The van der Waals surface area contributed by atoms with E-state index >= 15 is 0 Å². The van der Waals surface area contributed by atoms with Gasteiger partial charge in [0.2, 0.25) is 10.0 Å². The molecule has 2 rings (SSSR count). The second kappa shape index (κ2) is 5.26. The highest BCUT2D eigenvalue weighted by atomic mass is 79.9. The van der Waals surface area contributed by atoms with Crippen LogP contribution in [0.2, 0.25) is 5.02 Å². The Bertz CT molecular complexity index is 489. The summed E-state index contributed by atoms with van der Waals surface area (Å²) < 4.78 is 26.3. The highest BCUT2D eigenvalue weighted by molar-refractivity contribution is 9.09. The average molecular weight is 339 g/mol. The molecule has 3 nitrogen and oxygen atoms in total. The first-order valence-corrected chi connectivity index (χ1v) is 8.33. The molecule has 0 aliphatic carbocycles. The topological polar surface area (TPSA) is 37.4 Å². The van der Waals surface area contributed by atoms with Gasteiger partial charge in [-0.2, -0.15) is 4.31 Å². The summed E-state index contributed by atoms with van der Waals surface area (Å²) in [5, 5.41) is 1.22. The Morgan fingerprint density at radius 2 is 2.00 bits per heavy atom. The van der Waals surface area contributed by atoms with Gasteiger partial charge < -0.3 is 0 Å². The molecule has 17 heavy (non-hydrogen) atoms. The zero-order valence-electron chi connectivity index (χ0n) is 9.14. The van der Waals surface area contributed by atoms with E-state index in [9.17, 15) is 8.42 Å². The number of hydrogen-bond donors (Lipinski definition) is 0. The molecule has 0 bridgehead atoms. The Balaban J connectivity index is 2.33. The molecule has 1 aliphatic heterocycles. The Labute approximate surface area is 115 Å². The second-order valence-corrected chi connectivity index (χ2v) is 6.99. The molecule has 0 aromatic heterocycles. The number of benzene rings is 1. The fourth-order valence-electron chi connectivity index (χ4n) is 2.02. The quantitative estimate of drug-likeness (QED) is 0.795. The van der Waals surface area contributed by atoms with Gasteiger partial charge in [0.15, 0.2) is 0 Å². The van der Waals surface area contributed by atoms with Crippen molar-refractivity contribution in [3.05, 3.63) is 29.3 Å². The van der Waals surface area contributed by atoms with Crippen LogP contribution >= 0.6 is 27.5 Å². The zero-order valence-corrected chi connectivity index (χ0v) is 12.3. The average Bonchev–Trinajstić information content (AvgIpc) is 2.78. The Morgan fingerprint density at radius 3 is 2.59 bits per heavy atom. The van der Waals surface area contributed by atoms with Gasteiger partial charge in [-0.1, -0.05) is 27.5 Å². The number of hydrogen-bond acceptors (Lipinski definition) is 2. The summed E-state index contributed by atoms with van der Waals surface area (Å²) in [6, 6.07) is 6.39. The van der Waals surface area contributed by atoms with Gasteiger partial charge in [-0.3, -0.25) is 0 Å². The van der Waals surface area contributed by atoms with Crippen LogP contribution in [0.1, 0.15) is 12.8 Å². The van der Waals surface area contributed by atoms with E-state index in [4.69, 9.17) is 11.6 Å². The monoisotopic (exact) mass is 337 g/mol. The predicted molar refractivity (Wildman–Crippen MR) is 72.2 cm³/mol. The van der Waals surface area contributed by atoms with E-state index in [-0.39, 0.29) is 6.04 Å². The number of sulfonamides is 1. The van der Waals surface area contributed by atoms with E-state index in [0.29, 0.717) is 21.8 Å². The van der Waals surface area contributed by atoms with Gasteiger partial charge in [0.05, 0.1) is 4.90 Å². The Hall–Kier alpha value is -0.100. The Morgan fingerprint density at radius 1 is 1.35 bits per heavy atom. The lowest BCUT2D eigenvalue weighted by Gasteiger charge is -2.22. The Kier molecular flexibility index (Phi) is 4.13. The smallest absolute Gasteiger partial charge is 0.207 e. The fraction of sp³-hybridized carbons (Fsp3) is 0.455. The lowest BCUT2D eigenvalue weighted by atomic mass is 10.3. The van der Waals surface area contributed by atoms with Crippen molar-refractivity contribution >= 4 is 37.6 Å². The minimum atomic E-state index is -3.37. The van der Waals surface area contributed by atoms with Crippen LogP contribution in [0.25, 0.3) is 0 Å². The van der Waals surface area contributed by atoms with Crippen molar-refractivity contribution in [2.75, 3.05) is 11.9 Å². The van der Waals surface area contributed by atoms with Crippen molar-refractivity contribution in [1.29, 1.82) is 0 Å². The van der Waals surface area contributed by atoms with Gasteiger partial charge >= 0.3 is 0 Å². The van der Waals surface area contributed by atoms with Crippen LogP contribution in [0, 0.1) is 0 Å². The van der Waals surface area contributed by atoms with Crippen LogP contribution in [0.5, 0.6) is 0 Å². The van der Waals surface area contributed by atoms with E-state index in [1.807, 2.05) is 0 Å². The molecule has 1 atom stereocenters. The summed E-state index contributed by atoms with van der Waals surface area (Å²) in [5.41, 5.74) is 0. The van der Waals surface area contributed by atoms with Crippen LogP contribution in [0.4, 0.5) is 0 Å². The van der Waals surface area contributed by atoms with Crippen molar-refractivity contribution in [3.8, 4) is 0 Å². The van der Waals surface area contributed by atoms with E-state index in [2.05, 4.69) is 15.9 Å². The van der Waals surface area contributed by atoms with Crippen LogP contribution < -0.4 is 0 Å². The summed E-state index contributed by atoms with van der Waals surface area (Å²) in [6.45, 7) is 0.598. The third kappa shape index (κ3) is 2.67. The summed E-state index contributed by atoms with van der Waals surface area (Å²) >= 11 is 9.13. The SMILES string of the molecule is O=S(=O)(c1ccc(Cl)cc1)N1CCCC1CBr. The van der Waals surface area contributed by atoms with Crippen LogP contribution in [-0.2, 0) is 10.0 Å². The molecule has 0 N–H and O–H groups in total. The third-order valence-corrected chi connectivity index (χ3v) is 5.89. The van der Waals surface area contributed by atoms with Crippen molar-refractivity contribution < 1.29 is 8.42 Å². The predicted octanol–water partition coefficient (Wildman–Crippen LogP) is 2.89. The molecule has 1 aliphatic rings. The molecule has 0 amide bonds. The molecule has 1 aromatic rings. The maximum atomic E-state index is 12.4. The molecule has 1 aromatic carbocycles. The number of halogens is 2. The lowest BCUT2D eigenvalue weighted by Crippen LogP contribution is -2.36. The molecular weight excluding hydrogens is 326 g/mol. The van der Waals surface area contributed by atoms with Gasteiger partial charge in [-0.05, 0) is 37.1 Å². The summed E-state index contributed by atoms with van der Waals surface area (Å²) in [5.74, 6) is 0. The van der Waals surface area contributed by atoms with Gasteiger partial charge in [-0.25, -0.2) is 8.42 Å². The van der Waals surface area contributed by atoms with Gasteiger partial charge in [-0.15, -0.1) is 0 Å². The molecule has 1 fully saturated rings. The first kappa shape index (κ1) is 13.3.